The van der Waals surface area contributed by atoms with E-state index in [0.717, 1.165) is 6.07 Å². The molecule has 0 spiro atoms. The van der Waals surface area contributed by atoms with E-state index in [1.54, 1.807) is 30.3 Å². The number of hydrogen-bond acceptors (Lipinski definition) is 3. The molecule has 0 aliphatic rings. The molecule has 0 heterocycles. The Morgan fingerprint density at radius 1 is 1.21 bits per heavy atom. The van der Waals surface area contributed by atoms with E-state index in [9.17, 15) is 19.1 Å². The third-order valence-electron chi connectivity index (χ3n) is 2.51. The first-order chi connectivity index (χ1) is 9.11. The molecule has 19 heavy (non-hydrogen) atoms. The molecule has 5 heteroatoms. The fourth-order valence-electron chi connectivity index (χ4n) is 1.58. The summed E-state index contributed by atoms with van der Waals surface area (Å²) in [6.45, 7) is 0. The Kier molecular flexibility index (Phi) is 3.56. The number of rotatable bonds is 3. The Hall–Kier alpha value is -2.69. The number of nitrogens with one attached hydrogen (secondary N) is 1. The summed E-state index contributed by atoms with van der Waals surface area (Å²) < 4.78 is 13.3. The van der Waals surface area contributed by atoms with Crippen molar-refractivity contribution in [3.8, 4) is 5.75 Å². The summed E-state index contributed by atoms with van der Waals surface area (Å²) in [7, 11) is 0. The highest BCUT2D eigenvalue weighted by Gasteiger charge is 2.11. The van der Waals surface area contributed by atoms with Crippen LogP contribution in [0.25, 0.3) is 0 Å². The minimum Gasteiger partial charge on any atom is -0.504 e. The van der Waals surface area contributed by atoms with Gasteiger partial charge in [-0.15, -0.1) is 0 Å². The first kappa shape index (κ1) is 12.8. The van der Waals surface area contributed by atoms with E-state index in [4.69, 9.17) is 0 Å². The van der Waals surface area contributed by atoms with Crippen LogP contribution >= 0.6 is 0 Å². The van der Waals surface area contributed by atoms with Gasteiger partial charge in [0, 0.05) is 17.3 Å². The molecule has 0 unspecified atom stereocenters. The third kappa shape index (κ3) is 2.77. The Morgan fingerprint density at radius 2 is 1.89 bits per heavy atom. The van der Waals surface area contributed by atoms with Gasteiger partial charge in [0.1, 0.15) is 0 Å². The van der Waals surface area contributed by atoms with Gasteiger partial charge >= 0.3 is 0 Å². The molecular weight excluding hydrogens is 249 g/mol. The van der Waals surface area contributed by atoms with Crippen LogP contribution in [0.5, 0.6) is 5.75 Å². The number of benzene rings is 2. The minimum absolute atomic E-state index is 0.103. The van der Waals surface area contributed by atoms with Crippen molar-refractivity contribution in [1.82, 2.24) is 0 Å². The van der Waals surface area contributed by atoms with E-state index >= 15 is 0 Å². The summed E-state index contributed by atoms with van der Waals surface area (Å²) in [6.07, 6.45) is 0.316. The van der Waals surface area contributed by atoms with Crippen LogP contribution in [0.1, 0.15) is 20.7 Å². The predicted molar refractivity (Wildman–Crippen MR) is 67.8 cm³/mol. The van der Waals surface area contributed by atoms with Crippen molar-refractivity contribution < 1.29 is 19.1 Å². The lowest BCUT2D eigenvalue weighted by molar-refractivity contribution is 0.102. The van der Waals surface area contributed by atoms with E-state index in [2.05, 4.69) is 5.32 Å². The Morgan fingerprint density at radius 3 is 2.53 bits per heavy atom. The summed E-state index contributed by atoms with van der Waals surface area (Å²) in [5, 5.41) is 11.7. The molecule has 0 atom stereocenters. The SMILES string of the molecule is O=Cc1cc(NC(=O)c2ccccc2)cc(F)c1O. The Balaban J connectivity index is 2.27. The summed E-state index contributed by atoms with van der Waals surface area (Å²) in [5.74, 6) is -2.12. The summed E-state index contributed by atoms with van der Waals surface area (Å²) in [4.78, 5) is 22.5. The lowest BCUT2D eigenvalue weighted by Gasteiger charge is -2.07. The quantitative estimate of drug-likeness (QED) is 0.657. The monoisotopic (exact) mass is 259 g/mol. The number of carbonyl (C=O) groups excluding carboxylic acids is 2. The second kappa shape index (κ2) is 5.30. The highest BCUT2D eigenvalue weighted by atomic mass is 19.1. The van der Waals surface area contributed by atoms with Crippen molar-refractivity contribution in [3.63, 3.8) is 0 Å². The number of aldehydes is 1. The van der Waals surface area contributed by atoms with Gasteiger partial charge in [-0.25, -0.2) is 4.39 Å². The van der Waals surface area contributed by atoms with Gasteiger partial charge in [-0.2, -0.15) is 0 Å². The predicted octanol–water partition coefficient (Wildman–Crippen LogP) is 2.60. The smallest absolute Gasteiger partial charge is 0.255 e. The van der Waals surface area contributed by atoms with Crippen LogP contribution in [0, 0.1) is 5.82 Å². The molecule has 0 fully saturated rings. The Bertz CT molecular complexity index is 626. The summed E-state index contributed by atoms with van der Waals surface area (Å²) in [5.41, 5.74) is 0.290. The normalized spacial score (nSPS) is 9.95. The van der Waals surface area contributed by atoms with Crippen LogP contribution in [0.3, 0.4) is 0 Å². The molecule has 2 N–H and O–H groups in total. The second-order valence-corrected chi connectivity index (χ2v) is 3.83. The molecule has 0 aromatic heterocycles. The van der Waals surface area contributed by atoms with Gasteiger partial charge in [0.05, 0.1) is 5.56 Å². The average molecular weight is 259 g/mol. The molecule has 0 radical (unpaired) electrons. The summed E-state index contributed by atoms with van der Waals surface area (Å²) >= 11 is 0. The minimum atomic E-state index is -0.965. The maximum atomic E-state index is 13.3. The lowest BCUT2D eigenvalue weighted by Crippen LogP contribution is -2.12. The van der Waals surface area contributed by atoms with E-state index in [1.807, 2.05) is 0 Å². The van der Waals surface area contributed by atoms with Crippen molar-refractivity contribution in [1.29, 1.82) is 0 Å². The zero-order valence-electron chi connectivity index (χ0n) is 9.76. The zero-order chi connectivity index (χ0) is 13.8. The van der Waals surface area contributed by atoms with Gasteiger partial charge in [0.15, 0.2) is 17.9 Å². The van der Waals surface area contributed by atoms with Crippen molar-refractivity contribution in [2.75, 3.05) is 5.32 Å². The van der Waals surface area contributed by atoms with Crippen molar-refractivity contribution in [2.45, 2.75) is 0 Å². The molecule has 0 bridgehead atoms. The van der Waals surface area contributed by atoms with Gasteiger partial charge in [-0.05, 0) is 18.2 Å². The summed E-state index contributed by atoms with van der Waals surface area (Å²) in [6, 6.07) is 10.5. The van der Waals surface area contributed by atoms with Crippen LogP contribution in [0.15, 0.2) is 42.5 Å². The average Bonchev–Trinajstić information content (AvgIpc) is 2.43. The zero-order valence-corrected chi connectivity index (χ0v) is 9.76. The van der Waals surface area contributed by atoms with Crippen LogP contribution < -0.4 is 5.32 Å². The van der Waals surface area contributed by atoms with Gasteiger partial charge in [0.2, 0.25) is 0 Å². The number of aromatic hydroxyl groups is 1. The second-order valence-electron chi connectivity index (χ2n) is 3.83. The number of anilines is 1. The highest BCUT2D eigenvalue weighted by molar-refractivity contribution is 6.04. The lowest BCUT2D eigenvalue weighted by atomic mass is 10.1. The van der Waals surface area contributed by atoms with E-state index in [0.29, 0.717) is 11.8 Å². The highest BCUT2D eigenvalue weighted by Crippen LogP contribution is 2.24. The van der Waals surface area contributed by atoms with Gasteiger partial charge in [-0.3, -0.25) is 9.59 Å². The molecule has 0 aliphatic carbocycles. The number of hydrogen-bond donors (Lipinski definition) is 2. The third-order valence-corrected chi connectivity index (χ3v) is 2.51. The molecule has 2 aromatic rings. The fraction of sp³-hybridized carbons (Fsp3) is 0. The molecule has 0 saturated heterocycles. The molecule has 1 amide bonds. The molecule has 96 valence electrons. The number of phenols is 1. The molecule has 0 aliphatic heterocycles. The molecule has 2 rings (SSSR count). The molecule has 2 aromatic carbocycles. The van der Waals surface area contributed by atoms with Crippen molar-refractivity contribution in [3.05, 3.63) is 59.4 Å². The fourth-order valence-corrected chi connectivity index (χ4v) is 1.58. The van der Waals surface area contributed by atoms with Crippen molar-refractivity contribution >= 4 is 17.9 Å². The first-order valence-corrected chi connectivity index (χ1v) is 5.46. The van der Waals surface area contributed by atoms with Crippen LogP contribution in [0.4, 0.5) is 10.1 Å². The van der Waals surface area contributed by atoms with Crippen LogP contribution in [0.2, 0.25) is 0 Å². The van der Waals surface area contributed by atoms with E-state index in [1.165, 1.54) is 6.07 Å². The molecule has 4 nitrogen and oxygen atoms in total. The number of amides is 1. The van der Waals surface area contributed by atoms with E-state index < -0.39 is 17.5 Å². The largest absolute Gasteiger partial charge is 0.504 e. The first-order valence-electron chi connectivity index (χ1n) is 5.46. The van der Waals surface area contributed by atoms with Gasteiger partial charge < -0.3 is 10.4 Å². The van der Waals surface area contributed by atoms with Crippen LogP contribution in [-0.4, -0.2) is 17.3 Å². The van der Waals surface area contributed by atoms with Crippen molar-refractivity contribution in [2.24, 2.45) is 0 Å². The standard InChI is InChI=1S/C14H10FNO3/c15-12-7-11(6-10(8-17)13(12)18)16-14(19)9-4-2-1-3-5-9/h1-8,18H,(H,16,19). The molecule has 0 saturated carbocycles. The topological polar surface area (TPSA) is 66.4 Å². The van der Waals surface area contributed by atoms with Gasteiger partial charge in [0.25, 0.3) is 5.91 Å². The maximum absolute atomic E-state index is 13.3. The number of phenolic OH excluding ortho intramolecular Hbond substituents is 1. The van der Waals surface area contributed by atoms with Gasteiger partial charge in [-0.1, -0.05) is 18.2 Å². The number of carbonyl (C=O) groups is 2. The molecular formula is C14H10FNO3. The maximum Gasteiger partial charge on any atom is 0.255 e. The Labute approximate surface area is 108 Å². The van der Waals surface area contributed by atoms with E-state index in [-0.39, 0.29) is 11.3 Å². The van der Waals surface area contributed by atoms with Crippen LogP contribution in [-0.2, 0) is 0 Å². The number of halogens is 1.